The van der Waals surface area contributed by atoms with Gasteiger partial charge in [0.2, 0.25) is 0 Å². The second-order valence-electron chi connectivity index (χ2n) is 5.06. The van der Waals surface area contributed by atoms with Crippen molar-refractivity contribution in [3.63, 3.8) is 0 Å². The lowest BCUT2D eigenvalue weighted by molar-refractivity contribution is 0.644. The molecule has 1 aromatic rings. The van der Waals surface area contributed by atoms with Crippen LogP contribution in [0.1, 0.15) is 38.3 Å². The molecule has 0 aliphatic carbocycles. The van der Waals surface area contributed by atoms with Crippen molar-refractivity contribution in [1.29, 1.82) is 0 Å². The van der Waals surface area contributed by atoms with Crippen molar-refractivity contribution in [1.82, 2.24) is 4.98 Å². The zero-order valence-corrected chi connectivity index (χ0v) is 11.7. The third kappa shape index (κ3) is 3.70. The Balaban J connectivity index is 2.86. The maximum absolute atomic E-state index is 5.96. The van der Waals surface area contributed by atoms with Crippen LogP contribution in [0.5, 0.6) is 0 Å². The molecule has 0 aromatic carbocycles. The normalized spacial score (nSPS) is 12.9. The first-order chi connectivity index (χ1) is 7.95. The van der Waals surface area contributed by atoms with E-state index >= 15 is 0 Å². The van der Waals surface area contributed by atoms with Crippen LogP contribution >= 0.6 is 0 Å². The SMILES string of the molecule is CCC(N)Cc1cnc(N(C)C(C)C)c(C)c1. The van der Waals surface area contributed by atoms with E-state index in [9.17, 15) is 0 Å². The molecule has 0 saturated heterocycles. The topological polar surface area (TPSA) is 42.1 Å². The van der Waals surface area contributed by atoms with Gasteiger partial charge in [-0.15, -0.1) is 0 Å². The number of nitrogens with zero attached hydrogens (tertiary/aromatic N) is 2. The maximum atomic E-state index is 5.96. The lowest BCUT2D eigenvalue weighted by Crippen LogP contribution is -2.27. The minimum Gasteiger partial charge on any atom is -0.357 e. The lowest BCUT2D eigenvalue weighted by Gasteiger charge is -2.24. The first-order valence-corrected chi connectivity index (χ1v) is 6.39. The van der Waals surface area contributed by atoms with Gasteiger partial charge in [0, 0.05) is 25.3 Å². The van der Waals surface area contributed by atoms with Crippen molar-refractivity contribution in [3.8, 4) is 0 Å². The Bertz CT molecular complexity index is 360. The van der Waals surface area contributed by atoms with E-state index in [0.29, 0.717) is 6.04 Å². The number of hydrogen-bond acceptors (Lipinski definition) is 3. The molecule has 0 fully saturated rings. The van der Waals surface area contributed by atoms with E-state index in [1.54, 1.807) is 0 Å². The Morgan fingerprint density at radius 3 is 2.53 bits per heavy atom. The summed E-state index contributed by atoms with van der Waals surface area (Å²) in [5.41, 5.74) is 8.42. The highest BCUT2D eigenvalue weighted by Crippen LogP contribution is 2.19. The lowest BCUT2D eigenvalue weighted by atomic mass is 10.0. The molecule has 0 aliphatic heterocycles. The molecule has 1 rings (SSSR count). The van der Waals surface area contributed by atoms with Crippen LogP contribution < -0.4 is 10.6 Å². The summed E-state index contributed by atoms with van der Waals surface area (Å²) in [6, 6.07) is 2.91. The molecule has 0 radical (unpaired) electrons. The van der Waals surface area contributed by atoms with E-state index in [1.807, 2.05) is 6.20 Å². The average molecular weight is 235 g/mol. The van der Waals surface area contributed by atoms with Gasteiger partial charge in [-0.25, -0.2) is 4.98 Å². The van der Waals surface area contributed by atoms with Gasteiger partial charge in [0.1, 0.15) is 5.82 Å². The van der Waals surface area contributed by atoms with Gasteiger partial charge < -0.3 is 10.6 Å². The highest BCUT2D eigenvalue weighted by molar-refractivity contribution is 5.47. The van der Waals surface area contributed by atoms with Gasteiger partial charge in [0.25, 0.3) is 0 Å². The molecule has 1 atom stereocenters. The van der Waals surface area contributed by atoms with Crippen LogP contribution in [0.15, 0.2) is 12.3 Å². The summed E-state index contributed by atoms with van der Waals surface area (Å²) in [5, 5.41) is 0. The fourth-order valence-corrected chi connectivity index (χ4v) is 1.80. The van der Waals surface area contributed by atoms with Crippen molar-refractivity contribution in [3.05, 3.63) is 23.4 Å². The Labute approximate surface area is 105 Å². The average Bonchev–Trinajstić information content (AvgIpc) is 2.28. The molecule has 0 amide bonds. The number of anilines is 1. The van der Waals surface area contributed by atoms with Gasteiger partial charge in [-0.1, -0.05) is 13.0 Å². The fourth-order valence-electron chi connectivity index (χ4n) is 1.80. The second-order valence-corrected chi connectivity index (χ2v) is 5.06. The van der Waals surface area contributed by atoms with Crippen molar-refractivity contribution in [2.24, 2.45) is 5.73 Å². The first kappa shape index (κ1) is 14.0. The van der Waals surface area contributed by atoms with Crippen LogP contribution in [0.4, 0.5) is 5.82 Å². The Morgan fingerprint density at radius 2 is 2.06 bits per heavy atom. The molecule has 3 nitrogen and oxygen atoms in total. The number of nitrogens with two attached hydrogens (primary N) is 1. The number of pyridine rings is 1. The third-order valence-corrected chi connectivity index (χ3v) is 3.24. The van der Waals surface area contributed by atoms with Gasteiger partial charge in [-0.05, 0) is 44.7 Å². The van der Waals surface area contributed by atoms with Gasteiger partial charge in [0.05, 0.1) is 0 Å². The van der Waals surface area contributed by atoms with Crippen molar-refractivity contribution in [2.75, 3.05) is 11.9 Å². The predicted octanol–water partition coefficient (Wildman–Crippen LogP) is 2.51. The van der Waals surface area contributed by atoms with Crippen LogP contribution in [0, 0.1) is 6.92 Å². The molecule has 17 heavy (non-hydrogen) atoms. The number of aromatic nitrogens is 1. The van der Waals surface area contributed by atoms with E-state index in [2.05, 4.69) is 50.7 Å². The fraction of sp³-hybridized carbons (Fsp3) is 0.643. The molecule has 0 saturated carbocycles. The van der Waals surface area contributed by atoms with Gasteiger partial charge in [-0.3, -0.25) is 0 Å². The van der Waals surface area contributed by atoms with Crippen molar-refractivity contribution < 1.29 is 0 Å². The van der Waals surface area contributed by atoms with E-state index in [4.69, 9.17) is 5.73 Å². The molecule has 2 N–H and O–H groups in total. The van der Waals surface area contributed by atoms with Crippen LogP contribution in [0.2, 0.25) is 0 Å². The third-order valence-electron chi connectivity index (χ3n) is 3.24. The van der Waals surface area contributed by atoms with Gasteiger partial charge in [0.15, 0.2) is 0 Å². The second kappa shape index (κ2) is 6.01. The summed E-state index contributed by atoms with van der Waals surface area (Å²) in [6.45, 7) is 8.57. The van der Waals surface area contributed by atoms with Gasteiger partial charge in [-0.2, -0.15) is 0 Å². The summed E-state index contributed by atoms with van der Waals surface area (Å²) in [4.78, 5) is 6.75. The smallest absolute Gasteiger partial charge is 0.131 e. The van der Waals surface area contributed by atoms with E-state index in [-0.39, 0.29) is 6.04 Å². The summed E-state index contributed by atoms with van der Waals surface area (Å²) in [5.74, 6) is 1.06. The molecule has 0 bridgehead atoms. The Kier molecular flexibility index (Phi) is 4.94. The molecule has 0 aliphatic rings. The minimum absolute atomic E-state index is 0.241. The number of aryl methyl sites for hydroxylation is 1. The molecule has 1 unspecified atom stereocenters. The zero-order chi connectivity index (χ0) is 13.0. The summed E-state index contributed by atoms with van der Waals surface area (Å²) >= 11 is 0. The monoisotopic (exact) mass is 235 g/mol. The Morgan fingerprint density at radius 1 is 1.41 bits per heavy atom. The standard InChI is InChI=1S/C14H25N3/c1-6-13(15)8-12-7-11(4)14(16-9-12)17(5)10(2)3/h7,9-10,13H,6,8,15H2,1-5H3. The highest BCUT2D eigenvalue weighted by Gasteiger charge is 2.10. The maximum Gasteiger partial charge on any atom is 0.131 e. The van der Waals surface area contributed by atoms with Crippen LogP contribution in [0.25, 0.3) is 0 Å². The van der Waals surface area contributed by atoms with E-state index < -0.39 is 0 Å². The molecule has 0 spiro atoms. The van der Waals surface area contributed by atoms with E-state index in [0.717, 1.165) is 18.7 Å². The summed E-state index contributed by atoms with van der Waals surface area (Å²) in [6.07, 6.45) is 3.87. The van der Waals surface area contributed by atoms with Gasteiger partial charge >= 0.3 is 0 Å². The molecule has 3 heteroatoms. The summed E-state index contributed by atoms with van der Waals surface area (Å²) < 4.78 is 0. The van der Waals surface area contributed by atoms with Crippen LogP contribution in [0.3, 0.4) is 0 Å². The molecular weight excluding hydrogens is 210 g/mol. The Hall–Kier alpha value is -1.09. The summed E-state index contributed by atoms with van der Waals surface area (Å²) in [7, 11) is 2.08. The quantitative estimate of drug-likeness (QED) is 0.852. The largest absolute Gasteiger partial charge is 0.357 e. The van der Waals surface area contributed by atoms with Crippen LogP contribution in [-0.2, 0) is 6.42 Å². The molecule has 1 aromatic heterocycles. The molecular formula is C14H25N3. The number of rotatable bonds is 5. The van der Waals surface area contributed by atoms with Crippen molar-refractivity contribution in [2.45, 2.75) is 52.6 Å². The minimum atomic E-state index is 0.241. The first-order valence-electron chi connectivity index (χ1n) is 6.39. The van der Waals surface area contributed by atoms with E-state index in [1.165, 1.54) is 11.1 Å². The molecule has 96 valence electrons. The van der Waals surface area contributed by atoms with Crippen molar-refractivity contribution >= 4 is 5.82 Å². The number of hydrogen-bond donors (Lipinski definition) is 1. The van der Waals surface area contributed by atoms with Crippen LogP contribution in [-0.4, -0.2) is 24.1 Å². The highest BCUT2D eigenvalue weighted by atomic mass is 15.2. The molecule has 1 heterocycles. The predicted molar refractivity (Wildman–Crippen MR) is 74.5 cm³/mol. The zero-order valence-electron chi connectivity index (χ0n) is 11.7.